The molecule has 0 saturated carbocycles. The summed E-state index contributed by atoms with van der Waals surface area (Å²) in [7, 11) is -4.54. The first kappa shape index (κ1) is 15.7. The zero-order chi connectivity index (χ0) is 12.8. The zero-order valence-corrected chi connectivity index (χ0v) is 10.1. The minimum absolute atomic E-state index is 0.237. The van der Waals surface area contributed by atoms with E-state index in [2.05, 4.69) is 5.14 Å². The van der Waals surface area contributed by atoms with Crippen molar-refractivity contribution < 1.29 is 21.6 Å². The number of sulfonamides is 1. The van der Waals surface area contributed by atoms with Crippen molar-refractivity contribution in [2.75, 3.05) is 0 Å². The number of primary sulfonamides is 1. The second kappa shape index (κ2) is 6.44. The average molecular weight is 261 g/mol. The van der Waals surface area contributed by atoms with Crippen molar-refractivity contribution in [1.82, 2.24) is 0 Å². The number of nitrogens with two attached hydrogens (primary N) is 1. The summed E-state index contributed by atoms with van der Waals surface area (Å²) < 4.78 is 58.5. The first-order chi connectivity index (χ1) is 7.19. The molecule has 0 amide bonds. The van der Waals surface area contributed by atoms with Crippen LogP contribution in [0.2, 0.25) is 0 Å². The first-order valence-corrected chi connectivity index (χ1v) is 6.89. The van der Waals surface area contributed by atoms with Gasteiger partial charge in [0.2, 0.25) is 10.0 Å². The molecule has 0 aromatic heterocycles. The lowest BCUT2D eigenvalue weighted by Crippen LogP contribution is -2.40. The SMILES string of the molecule is CCCCCCCC(C(F)(F)F)S(N)(=O)=O. The van der Waals surface area contributed by atoms with Gasteiger partial charge < -0.3 is 0 Å². The van der Waals surface area contributed by atoms with Crippen LogP contribution >= 0.6 is 0 Å². The smallest absolute Gasteiger partial charge is 0.228 e. The third kappa shape index (κ3) is 6.32. The molecular formula is C9H18F3NO2S. The molecule has 0 aromatic rings. The van der Waals surface area contributed by atoms with E-state index in [4.69, 9.17) is 0 Å². The highest BCUT2D eigenvalue weighted by Gasteiger charge is 2.46. The van der Waals surface area contributed by atoms with Crippen LogP contribution < -0.4 is 5.14 Å². The molecule has 0 saturated heterocycles. The molecule has 0 rings (SSSR count). The van der Waals surface area contributed by atoms with Crippen LogP contribution in [0.1, 0.15) is 45.4 Å². The molecule has 0 fully saturated rings. The maximum absolute atomic E-state index is 12.3. The summed E-state index contributed by atoms with van der Waals surface area (Å²) in [6.07, 6.45) is -1.60. The minimum Gasteiger partial charge on any atom is -0.228 e. The van der Waals surface area contributed by atoms with Crippen molar-refractivity contribution in [2.24, 2.45) is 5.14 Å². The van der Waals surface area contributed by atoms with Crippen LogP contribution in [0.25, 0.3) is 0 Å². The van der Waals surface area contributed by atoms with Gasteiger partial charge in [0.25, 0.3) is 0 Å². The summed E-state index contributed by atoms with van der Waals surface area (Å²) >= 11 is 0. The first-order valence-electron chi connectivity index (χ1n) is 5.28. The highest BCUT2D eigenvalue weighted by Crippen LogP contribution is 2.28. The number of hydrogen-bond donors (Lipinski definition) is 1. The Morgan fingerprint density at radius 2 is 1.62 bits per heavy atom. The predicted molar refractivity (Wildman–Crippen MR) is 56.3 cm³/mol. The van der Waals surface area contributed by atoms with Gasteiger partial charge in [-0.05, 0) is 6.42 Å². The van der Waals surface area contributed by atoms with Gasteiger partial charge in [0.1, 0.15) is 0 Å². The van der Waals surface area contributed by atoms with Gasteiger partial charge >= 0.3 is 6.18 Å². The molecule has 7 heteroatoms. The Hall–Kier alpha value is -0.300. The average Bonchev–Trinajstić information content (AvgIpc) is 2.06. The zero-order valence-electron chi connectivity index (χ0n) is 9.26. The number of unbranched alkanes of at least 4 members (excludes halogenated alkanes) is 4. The van der Waals surface area contributed by atoms with E-state index in [1.165, 1.54) is 0 Å². The number of alkyl halides is 3. The molecule has 2 N–H and O–H groups in total. The van der Waals surface area contributed by atoms with Gasteiger partial charge in [0.15, 0.2) is 5.25 Å². The van der Waals surface area contributed by atoms with Gasteiger partial charge in [-0.15, -0.1) is 0 Å². The Labute approximate surface area is 94.3 Å². The van der Waals surface area contributed by atoms with Crippen molar-refractivity contribution in [3.05, 3.63) is 0 Å². The van der Waals surface area contributed by atoms with Crippen LogP contribution in [-0.4, -0.2) is 19.8 Å². The van der Waals surface area contributed by atoms with Gasteiger partial charge in [-0.1, -0.05) is 39.0 Å². The maximum Gasteiger partial charge on any atom is 0.406 e. The summed E-state index contributed by atoms with van der Waals surface area (Å²) in [6.45, 7) is 1.99. The van der Waals surface area contributed by atoms with Crippen LogP contribution in [0, 0.1) is 0 Å². The van der Waals surface area contributed by atoms with E-state index in [0.717, 1.165) is 19.3 Å². The molecular weight excluding hydrogens is 243 g/mol. The largest absolute Gasteiger partial charge is 0.406 e. The molecule has 0 heterocycles. The third-order valence-corrected chi connectivity index (χ3v) is 3.63. The molecule has 0 aliphatic heterocycles. The van der Waals surface area contributed by atoms with Crippen LogP contribution in [0.5, 0.6) is 0 Å². The molecule has 98 valence electrons. The summed E-state index contributed by atoms with van der Waals surface area (Å²) in [6, 6.07) is 0. The Kier molecular flexibility index (Phi) is 6.32. The van der Waals surface area contributed by atoms with Gasteiger partial charge in [-0.25, -0.2) is 13.6 Å². The highest BCUT2D eigenvalue weighted by molar-refractivity contribution is 7.89. The minimum atomic E-state index is -4.77. The van der Waals surface area contributed by atoms with Gasteiger partial charge in [0.05, 0.1) is 0 Å². The van der Waals surface area contributed by atoms with E-state index >= 15 is 0 Å². The highest BCUT2D eigenvalue weighted by atomic mass is 32.2. The summed E-state index contributed by atoms with van der Waals surface area (Å²) in [5.41, 5.74) is 0. The van der Waals surface area contributed by atoms with Crippen molar-refractivity contribution >= 4 is 10.0 Å². The predicted octanol–water partition coefficient (Wildman–Crippen LogP) is 2.57. The normalized spacial score (nSPS) is 15.1. The van der Waals surface area contributed by atoms with Crippen LogP contribution in [0.4, 0.5) is 13.2 Å². The summed E-state index contributed by atoms with van der Waals surface area (Å²) in [4.78, 5) is 0. The topological polar surface area (TPSA) is 60.2 Å². The van der Waals surface area contributed by atoms with E-state index in [1.807, 2.05) is 6.92 Å². The lowest BCUT2D eigenvalue weighted by molar-refractivity contribution is -0.131. The van der Waals surface area contributed by atoms with E-state index in [1.54, 1.807) is 0 Å². The maximum atomic E-state index is 12.3. The third-order valence-electron chi connectivity index (χ3n) is 2.33. The van der Waals surface area contributed by atoms with Gasteiger partial charge in [-0.3, -0.25) is 0 Å². The van der Waals surface area contributed by atoms with E-state index in [-0.39, 0.29) is 6.42 Å². The molecule has 0 aliphatic rings. The Balaban J connectivity index is 4.17. The number of rotatable bonds is 7. The van der Waals surface area contributed by atoms with E-state index in [9.17, 15) is 21.6 Å². The monoisotopic (exact) mass is 261 g/mol. The van der Waals surface area contributed by atoms with E-state index < -0.39 is 27.9 Å². The fraction of sp³-hybridized carbons (Fsp3) is 1.00. The second-order valence-electron chi connectivity index (χ2n) is 3.82. The quantitative estimate of drug-likeness (QED) is 0.716. The second-order valence-corrected chi connectivity index (χ2v) is 5.57. The summed E-state index contributed by atoms with van der Waals surface area (Å²) in [5.74, 6) is 0. The lowest BCUT2D eigenvalue weighted by atomic mass is 10.1. The Bertz CT molecular complexity index is 288. The van der Waals surface area contributed by atoms with Gasteiger partial charge in [0, 0.05) is 0 Å². The fourth-order valence-corrected chi connectivity index (χ4v) is 2.32. The Morgan fingerprint density at radius 3 is 2.00 bits per heavy atom. The van der Waals surface area contributed by atoms with Gasteiger partial charge in [-0.2, -0.15) is 13.2 Å². The van der Waals surface area contributed by atoms with Crippen molar-refractivity contribution in [3.63, 3.8) is 0 Å². The molecule has 16 heavy (non-hydrogen) atoms. The molecule has 0 aromatic carbocycles. The number of hydrogen-bond acceptors (Lipinski definition) is 2. The van der Waals surface area contributed by atoms with Crippen molar-refractivity contribution in [2.45, 2.75) is 56.9 Å². The van der Waals surface area contributed by atoms with Crippen LogP contribution in [0.15, 0.2) is 0 Å². The molecule has 0 bridgehead atoms. The van der Waals surface area contributed by atoms with E-state index in [0.29, 0.717) is 6.42 Å². The van der Waals surface area contributed by atoms with Crippen molar-refractivity contribution in [3.8, 4) is 0 Å². The summed E-state index contributed by atoms with van der Waals surface area (Å²) in [5, 5.41) is 2.14. The van der Waals surface area contributed by atoms with Crippen molar-refractivity contribution in [1.29, 1.82) is 0 Å². The Morgan fingerprint density at radius 1 is 1.12 bits per heavy atom. The molecule has 1 unspecified atom stereocenters. The fourth-order valence-electron chi connectivity index (χ4n) is 1.45. The lowest BCUT2D eigenvalue weighted by Gasteiger charge is -2.17. The van der Waals surface area contributed by atoms with Crippen LogP contribution in [0.3, 0.4) is 0 Å². The molecule has 0 spiro atoms. The molecule has 3 nitrogen and oxygen atoms in total. The molecule has 0 aliphatic carbocycles. The number of halogens is 3. The molecule has 1 atom stereocenters. The van der Waals surface area contributed by atoms with Crippen LogP contribution in [-0.2, 0) is 10.0 Å². The standard InChI is InChI=1S/C9H18F3NO2S/c1-2-3-4-5-6-7-8(9(10,11)12)16(13,14)15/h8H,2-7H2,1H3,(H2,13,14,15). The molecule has 0 radical (unpaired) electrons.